The summed E-state index contributed by atoms with van der Waals surface area (Å²) in [6, 6.07) is 18.7. The molecule has 3 heterocycles. The maximum absolute atomic E-state index is 2.54. The number of aromatic nitrogens is 2. The molecule has 0 bridgehead atoms. The molecule has 2 nitrogen and oxygen atoms in total. The summed E-state index contributed by atoms with van der Waals surface area (Å²) >= 11 is -1.95. The topological polar surface area (TPSA) is 8.29 Å². The molecule has 0 aliphatic carbocycles. The van der Waals surface area contributed by atoms with Gasteiger partial charge < -0.3 is 0 Å². The third kappa shape index (κ3) is 2.18. The Labute approximate surface area is 179 Å². The molecule has 6 rings (SSSR count). The van der Waals surface area contributed by atoms with Crippen LogP contribution in [0.1, 0.15) is 11.1 Å². The van der Waals surface area contributed by atoms with Crippen LogP contribution < -0.4 is 8.96 Å². The van der Waals surface area contributed by atoms with Gasteiger partial charge >= 0.3 is 180 Å². The summed E-state index contributed by atoms with van der Waals surface area (Å²) in [5, 5.41) is 6.84. The van der Waals surface area contributed by atoms with Crippen molar-refractivity contribution in [2.75, 3.05) is 0 Å². The number of nitrogens with zero attached hydrogens (tertiary/aromatic N) is 2. The number of fused-ring (bicyclic) bond motifs is 5. The fraction of sp³-hybridized carbons (Fsp3) is 0.222. The van der Waals surface area contributed by atoms with E-state index in [-0.39, 0.29) is 0 Å². The number of pyridine rings is 2. The van der Waals surface area contributed by atoms with Gasteiger partial charge in [0.25, 0.3) is 0 Å². The van der Waals surface area contributed by atoms with Gasteiger partial charge in [-0.25, -0.2) is 0 Å². The Hall–Kier alpha value is -2.59. The van der Waals surface area contributed by atoms with Gasteiger partial charge in [0.15, 0.2) is 0 Å². The summed E-state index contributed by atoms with van der Waals surface area (Å²) in [7, 11) is 2.19. The molecule has 0 fully saturated rings. The van der Waals surface area contributed by atoms with Crippen molar-refractivity contribution in [3.05, 3.63) is 65.9 Å². The third-order valence-electron chi connectivity index (χ3n) is 7.06. The van der Waals surface area contributed by atoms with Crippen molar-refractivity contribution < 1.29 is 4.57 Å². The van der Waals surface area contributed by atoms with Gasteiger partial charge in [-0.1, -0.05) is 0 Å². The summed E-state index contributed by atoms with van der Waals surface area (Å²) in [6.45, 7) is 4.52. The van der Waals surface area contributed by atoms with Crippen LogP contribution in [0.4, 0.5) is 0 Å². The van der Waals surface area contributed by atoms with Gasteiger partial charge in [-0.05, 0) is 0 Å². The van der Waals surface area contributed by atoms with E-state index in [1.54, 1.807) is 4.40 Å². The van der Waals surface area contributed by atoms with Crippen molar-refractivity contribution in [3.63, 3.8) is 0 Å². The first-order valence-electron chi connectivity index (χ1n) is 10.8. The van der Waals surface area contributed by atoms with Gasteiger partial charge in [0.05, 0.1) is 0 Å². The van der Waals surface area contributed by atoms with Crippen molar-refractivity contribution >= 4 is 66.7 Å². The van der Waals surface area contributed by atoms with Gasteiger partial charge in [0.1, 0.15) is 0 Å². The predicted molar refractivity (Wildman–Crippen MR) is 132 cm³/mol. The van der Waals surface area contributed by atoms with Crippen LogP contribution in [0.5, 0.6) is 0 Å². The molecule has 148 valence electrons. The number of rotatable bonds is 1. The van der Waals surface area contributed by atoms with Gasteiger partial charge in [-0.3, -0.25) is 0 Å². The summed E-state index contributed by atoms with van der Waals surface area (Å²) in [4.78, 5) is 0. The Bertz CT molecular complexity index is 1650. The van der Waals surface area contributed by atoms with E-state index < -0.39 is 13.3 Å². The second-order valence-corrected chi connectivity index (χ2v) is 20.6. The zero-order chi connectivity index (χ0) is 20.9. The molecule has 0 N–H and O–H groups in total. The molecular formula is C27H27GeN2+. The molecule has 0 radical (unpaired) electrons. The molecule has 30 heavy (non-hydrogen) atoms. The normalized spacial score (nSPS) is 13.0. The first-order chi connectivity index (χ1) is 14.3. The van der Waals surface area contributed by atoms with Gasteiger partial charge in [-0.15, -0.1) is 0 Å². The molecule has 0 unspecified atom stereocenters. The maximum atomic E-state index is 2.54. The molecule has 0 saturated heterocycles. The van der Waals surface area contributed by atoms with Crippen molar-refractivity contribution in [3.8, 4) is 0 Å². The average molecular weight is 452 g/mol. The summed E-state index contributed by atoms with van der Waals surface area (Å²) < 4.78 is 6.42. The van der Waals surface area contributed by atoms with E-state index in [1.807, 2.05) is 0 Å². The van der Waals surface area contributed by atoms with E-state index in [2.05, 4.69) is 102 Å². The molecule has 0 aliphatic heterocycles. The standard InChI is InChI=1S/C27H27GeN2/c1-16-14-18-8-7-9-22-25(18)24(17(16)2)27-26-21(12-13-29(27)6)20-11-10-19(28(3,4)5)15-23(20)30(22)26/h7-15H,1-6H3/q+1. The average Bonchev–Trinajstić information content (AvgIpc) is 3.03. The summed E-state index contributed by atoms with van der Waals surface area (Å²) in [6.07, 6.45) is 2.23. The molecule has 0 spiro atoms. The van der Waals surface area contributed by atoms with Crippen LogP contribution in [-0.2, 0) is 7.05 Å². The van der Waals surface area contributed by atoms with Gasteiger partial charge in [-0.2, -0.15) is 0 Å². The molecule has 6 aromatic rings. The first-order valence-corrected chi connectivity index (χ1v) is 18.1. The van der Waals surface area contributed by atoms with Gasteiger partial charge in [0, 0.05) is 0 Å². The zero-order valence-electron chi connectivity index (χ0n) is 18.6. The van der Waals surface area contributed by atoms with E-state index in [0.717, 1.165) is 0 Å². The monoisotopic (exact) mass is 453 g/mol. The molecule has 0 saturated carbocycles. The number of hydrogen-bond acceptors (Lipinski definition) is 0. The Balaban J connectivity index is 2.03. The van der Waals surface area contributed by atoms with Crippen LogP contribution in [0.2, 0.25) is 17.3 Å². The second-order valence-electron chi connectivity index (χ2n) is 9.92. The Kier molecular flexibility index (Phi) is 3.50. The molecule has 0 atom stereocenters. The van der Waals surface area contributed by atoms with Gasteiger partial charge in [0.2, 0.25) is 0 Å². The van der Waals surface area contributed by atoms with Crippen LogP contribution in [0.25, 0.3) is 49.0 Å². The van der Waals surface area contributed by atoms with Crippen LogP contribution in [0, 0.1) is 13.8 Å². The van der Waals surface area contributed by atoms with E-state index in [1.165, 1.54) is 60.1 Å². The number of benzene rings is 3. The number of aryl methyl sites for hydroxylation is 3. The van der Waals surface area contributed by atoms with Crippen LogP contribution >= 0.6 is 0 Å². The molecule has 3 heteroatoms. The van der Waals surface area contributed by atoms with E-state index in [9.17, 15) is 0 Å². The summed E-state index contributed by atoms with van der Waals surface area (Å²) in [5.74, 6) is 7.44. The number of hydrogen-bond donors (Lipinski definition) is 0. The van der Waals surface area contributed by atoms with Crippen molar-refractivity contribution in [2.45, 2.75) is 31.1 Å². The van der Waals surface area contributed by atoms with Crippen LogP contribution in [0.3, 0.4) is 0 Å². The minimum atomic E-state index is -1.95. The summed E-state index contributed by atoms with van der Waals surface area (Å²) in [5.41, 5.74) is 8.11. The molecule has 0 aliphatic rings. The van der Waals surface area contributed by atoms with Crippen molar-refractivity contribution in [2.24, 2.45) is 7.05 Å². The molecule has 3 aromatic carbocycles. The Morgan fingerprint density at radius 2 is 1.63 bits per heavy atom. The van der Waals surface area contributed by atoms with Crippen LogP contribution in [0.15, 0.2) is 54.7 Å². The van der Waals surface area contributed by atoms with E-state index in [0.29, 0.717) is 0 Å². The third-order valence-corrected chi connectivity index (χ3v) is 11.3. The molecule has 3 aromatic heterocycles. The van der Waals surface area contributed by atoms with E-state index >= 15 is 0 Å². The Morgan fingerprint density at radius 3 is 2.40 bits per heavy atom. The second kappa shape index (κ2) is 5.76. The predicted octanol–water partition coefficient (Wildman–Crippen LogP) is 5.98. The van der Waals surface area contributed by atoms with Crippen molar-refractivity contribution in [1.29, 1.82) is 0 Å². The zero-order valence-corrected chi connectivity index (χ0v) is 20.7. The van der Waals surface area contributed by atoms with E-state index in [4.69, 9.17) is 0 Å². The first kappa shape index (κ1) is 18.2. The fourth-order valence-corrected chi connectivity index (χ4v) is 7.73. The quantitative estimate of drug-likeness (QED) is 0.126. The molecule has 0 amide bonds. The van der Waals surface area contributed by atoms with Crippen molar-refractivity contribution in [1.82, 2.24) is 4.40 Å². The van der Waals surface area contributed by atoms with Crippen LogP contribution in [-0.4, -0.2) is 17.7 Å². The SMILES string of the molecule is Cc1cc2cccc3c2c(c1C)c1c2c(cc[n+]1C)c1cc[c]([Ge]([CH3])([CH3])[CH3])cc1n32. The molecular weight excluding hydrogens is 425 g/mol. The Morgan fingerprint density at radius 1 is 0.833 bits per heavy atom. The minimum absolute atomic E-state index is 1.32. The fourth-order valence-electron chi connectivity index (χ4n) is 5.31.